The van der Waals surface area contributed by atoms with Crippen molar-refractivity contribution >= 4 is 61.6 Å². The molecular formula is C9H3BrCl3N. The van der Waals surface area contributed by atoms with E-state index >= 15 is 0 Å². The molecule has 0 atom stereocenters. The van der Waals surface area contributed by atoms with Gasteiger partial charge in [0, 0.05) is 11.6 Å². The molecule has 0 aliphatic heterocycles. The summed E-state index contributed by atoms with van der Waals surface area (Å²) in [6.45, 7) is 0. The first-order valence-electron chi connectivity index (χ1n) is 3.69. The Labute approximate surface area is 104 Å². The van der Waals surface area contributed by atoms with Crippen molar-refractivity contribution in [1.29, 1.82) is 0 Å². The smallest absolute Gasteiger partial charge is 0.0875 e. The van der Waals surface area contributed by atoms with Crippen LogP contribution in [0.2, 0.25) is 15.1 Å². The Bertz CT molecular complexity index is 466. The van der Waals surface area contributed by atoms with Crippen molar-refractivity contribution in [3.63, 3.8) is 0 Å². The summed E-state index contributed by atoms with van der Waals surface area (Å²) < 4.78 is 0.732. The summed E-state index contributed by atoms with van der Waals surface area (Å²) in [5.41, 5.74) is 0.715. The van der Waals surface area contributed by atoms with E-state index in [1.54, 1.807) is 12.1 Å². The molecular weight excluding hydrogens is 308 g/mol. The van der Waals surface area contributed by atoms with Crippen LogP contribution in [0.4, 0.5) is 0 Å². The minimum absolute atomic E-state index is 0.438. The molecule has 0 spiro atoms. The fraction of sp³-hybridized carbons (Fsp3) is 0. The molecule has 1 heterocycles. The van der Waals surface area contributed by atoms with Gasteiger partial charge in [0.1, 0.15) is 0 Å². The summed E-state index contributed by atoms with van der Waals surface area (Å²) in [6.07, 6.45) is 1.51. The normalized spacial score (nSPS) is 10.9. The molecule has 0 saturated heterocycles. The van der Waals surface area contributed by atoms with Gasteiger partial charge in [-0.05, 0) is 28.1 Å². The second-order valence-electron chi connectivity index (χ2n) is 2.68. The maximum atomic E-state index is 6.01. The van der Waals surface area contributed by atoms with Gasteiger partial charge >= 0.3 is 0 Å². The maximum Gasteiger partial charge on any atom is 0.0875 e. The first-order valence-corrected chi connectivity index (χ1v) is 5.61. The molecule has 0 bridgehead atoms. The minimum atomic E-state index is 0.438. The summed E-state index contributed by atoms with van der Waals surface area (Å²) in [7, 11) is 0. The van der Waals surface area contributed by atoms with E-state index in [9.17, 15) is 0 Å². The monoisotopic (exact) mass is 309 g/mol. The van der Waals surface area contributed by atoms with Crippen LogP contribution in [-0.4, -0.2) is 4.98 Å². The van der Waals surface area contributed by atoms with Crippen LogP contribution in [0, 0.1) is 0 Å². The van der Waals surface area contributed by atoms with Crippen LogP contribution in [-0.2, 0) is 0 Å². The van der Waals surface area contributed by atoms with E-state index in [-0.39, 0.29) is 0 Å². The summed E-state index contributed by atoms with van der Waals surface area (Å²) >= 11 is 21.1. The average molecular weight is 311 g/mol. The van der Waals surface area contributed by atoms with Crippen LogP contribution in [0.15, 0.2) is 22.8 Å². The number of fused-ring (bicyclic) bond motifs is 1. The predicted octanol–water partition coefficient (Wildman–Crippen LogP) is 4.96. The Kier molecular flexibility index (Phi) is 2.89. The fourth-order valence-corrected chi connectivity index (χ4v) is 2.10. The van der Waals surface area contributed by atoms with Gasteiger partial charge in [-0.15, -0.1) is 0 Å². The minimum Gasteiger partial charge on any atom is -0.253 e. The molecule has 1 aromatic heterocycles. The van der Waals surface area contributed by atoms with Crippen molar-refractivity contribution in [2.75, 3.05) is 0 Å². The molecule has 2 aromatic rings. The van der Waals surface area contributed by atoms with Gasteiger partial charge in [0.05, 0.1) is 25.1 Å². The summed E-state index contributed by atoms with van der Waals surface area (Å²) in [6, 6.07) is 3.54. The molecule has 0 radical (unpaired) electrons. The highest BCUT2D eigenvalue weighted by atomic mass is 79.9. The molecule has 14 heavy (non-hydrogen) atoms. The van der Waals surface area contributed by atoms with Gasteiger partial charge in [-0.2, -0.15) is 0 Å². The van der Waals surface area contributed by atoms with Gasteiger partial charge in [0.15, 0.2) is 0 Å². The van der Waals surface area contributed by atoms with Gasteiger partial charge in [-0.25, -0.2) is 0 Å². The van der Waals surface area contributed by atoms with Crippen molar-refractivity contribution in [2.24, 2.45) is 0 Å². The highest BCUT2D eigenvalue weighted by molar-refractivity contribution is 9.10. The third-order valence-corrected chi connectivity index (χ3v) is 3.96. The van der Waals surface area contributed by atoms with Gasteiger partial charge in [0.2, 0.25) is 0 Å². The highest BCUT2D eigenvalue weighted by Gasteiger charge is 2.09. The zero-order valence-electron chi connectivity index (χ0n) is 6.69. The van der Waals surface area contributed by atoms with E-state index in [1.165, 1.54) is 6.20 Å². The average Bonchev–Trinajstić information content (AvgIpc) is 2.17. The lowest BCUT2D eigenvalue weighted by atomic mass is 10.2. The largest absolute Gasteiger partial charge is 0.253 e. The van der Waals surface area contributed by atoms with E-state index in [2.05, 4.69) is 20.9 Å². The molecule has 0 saturated carbocycles. The molecule has 1 nitrogen and oxygen atoms in total. The lowest BCUT2D eigenvalue weighted by Gasteiger charge is -2.04. The van der Waals surface area contributed by atoms with Crippen LogP contribution in [0.1, 0.15) is 0 Å². The zero-order chi connectivity index (χ0) is 10.3. The second kappa shape index (κ2) is 3.86. The Morgan fingerprint density at radius 3 is 2.50 bits per heavy atom. The van der Waals surface area contributed by atoms with E-state index < -0.39 is 0 Å². The number of halogens is 4. The predicted molar refractivity (Wildman–Crippen MR) is 64.5 cm³/mol. The van der Waals surface area contributed by atoms with Crippen LogP contribution in [0.5, 0.6) is 0 Å². The van der Waals surface area contributed by atoms with E-state index in [0.29, 0.717) is 20.6 Å². The number of benzene rings is 1. The SMILES string of the molecule is Clc1cnc2c(Br)c(Cl)ccc2c1Cl. The third-order valence-electron chi connectivity index (χ3n) is 1.82. The number of aromatic nitrogens is 1. The Morgan fingerprint density at radius 2 is 1.79 bits per heavy atom. The molecule has 0 N–H and O–H groups in total. The topological polar surface area (TPSA) is 12.9 Å². The molecule has 0 aliphatic rings. The number of rotatable bonds is 0. The standard InChI is InChI=1S/C9H3BrCl3N/c10-7-5(11)2-1-4-8(13)6(12)3-14-9(4)7/h1-3H. The van der Waals surface area contributed by atoms with Gasteiger partial charge < -0.3 is 0 Å². The van der Waals surface area contributed by atoms with Crippen molar-refractivity contribution in [3.05, 3.63) is 37.9 Å². The van der Waals surface area contributed by atoms with Crippen molar-refractivity contribution in [1.82, 2.24) is 4.98 Å². The van der Waals surface area contributed by atoms with Crippen molar-refractivity contribution in [2.45, 2.75) is 0 Å². The molecule has 5 heteroatoms. The number of hydrogen-bond donors (Lipinski definition) is 0. The second-order valence-corrected chi connectivity index (χ2v) is 4.66. The Balaban J connectivity index is 2.94. The lowest BCUT2D eigenvalue weighted by Crippen LogP contribution is -1.83. The molecule has 72 valence electrons. The molecule has 2 rings (SSSR count). The molecule has 0 fully saturated rings. The Hall–Kier alpha value is -0.0200. The summed E-state index contributed by atoms with van der Waals surface area (Å²) in [5, 5.41) is 2.32. The number of nitrogens with zero attached hydrogens (tertiary/aromatic N) is 1. The van der Waals surface area contributed by atoms with Gasteiger partial charge in [-0.1, -0.05) is 34.8 Å². The van der Waals surface area contributed by atoms with Crippen LogP contribution < -0.4 is 0 Å². The maximum absolute atomic E-state index is 6.01. The molecule has 1 aromatic carbocycles. The molecule has 0 amide bonds. The molecule has 0 unspecified atom stereocenters. The van der Waals surface area contributed by atoms with Crippen LogP contribution >= 0.6 is 50.7 Å². The number of pyridine rings is 1. The lowest BCUT2D eigenvalue weighted by molar-refractivity contribution is 1.40. The van der Waals surface area contributed by atoms with Crippen LogP contribution in [0.25, 0.3) is 10.9 Å². The summed E-state index contributed by atoms with van der Waals surface area (Å²) in [5.74, 6) is 0. The first kappa shape index (κ1) is 10.5. The number of hydrogen-bond acceptors (Lipinski definition) is 1. The molecule has 0 aliphatic carbocycles. The zero-order valence-corrected chi connectivity index (χ0v) is 10.5. The van der Waals surface area contributed by atoms with Crippen LogP contribution in [0.3, 0.4) is 0 Å². The Morgan fingerprint density at radius 1 is 1.07 bits per heavy atom. The van der Waals surface area contributed by atoms with Gasteiger partial charge in [-0.3, -0.25) is 4.98 Å². The van der Waals surface area contributed by atoms with Crippen molar-refractivity contribution < 1.29 is 0 Å². The van der Waals surface area contributed by atoms with Crippen molar-refractivity contribution in [3.8, 4) is 0 Å². The third kappa shape index (κ3) is 1.61. The first-order chi connectivity index (χ1) is 6.61. The fourth-order valence-electron chi connectivity index (χ4n) is 1.15. The van der Waals surface area contributed by atoms with E-state index in [4.69, 9.17) is 34.8 Å². The summed E-state index contributed by atoms with van der Waals surface area (Å²) in [4.78, 5) is 4.15. The highest BCUT2D eigenvalue weighted by Crippen LogP contribution is 2.35. The van der Waals surface area contributed by atoms with E-state index in [0.717, 1.165) is 9.86 Å². The quantitative estimate of drug-likeness (QED) is 0.670. The van der Waals surface area contributed by atoms with Gasteiger partial charge in [0.25, 0.3) is 0 Å². The van der Waals surface area contributed by atoms with E-state index in [1.807, 2.05) is 0 Å².